The Morgan fingerprint density at radius 3 is 2.60 bits per heavy atom. The van der Waals surface area contributed by atoms with Gasteiger partial charge in [-0.05, 0) is 17.7 Å². The number of hydrogen-bond donors (Lipinski definition) is 0. The van der Waals surface area contributed by atoms with Crippen LogP contribution in [0.25, 0.3) is 0 Å². The molecule has 1 aromatic carbocycles. The standard InChI is InChI=1S/C10H9F3O2/c1-15-9(14)8-4-2-3-7(5-8)6-10(11,12)13/h2-5H,6H2,1H3. The van der Waals surface area contributed by atoms with Gasteiger partial charge in [-0.1, -0.05) is 12.1 Å². The number of alkyl halides is 3. The molecule has 5 heteroatoms. The van der Waals surface area contributed by atoms with Gasteiger partial charge >= 0.3 is 12.1 Å². The molecule has 1 rings (SSSR count). The van der Waals surface area contributed by atoms with Gasteiger partial charge in [-0.25, -0.2) is 4.79 Å². The van der Waals surface area contributed by atoms with Crippen LogP contribution in [0.4, 0.5) is 13.2 Å². The Kier molecular flexibility index (Phi) is 3.34. The minimum atomic E-state index is -4.27. The van der Waals surface area contributed by atoms with E-state index in [1.54, 1.807) is 0 Å². The highest BCUT2D eigenvalue weighted by Gasteiger charge is 2.27. The highest BCUT2D eigenvalue weighted by atomic mass is 19.4. The molecule has 0 fully saturated rings. The first kappa shape index (κ1) is 11.6. The van der Waals surface area contributed by atoms with Crippen LogP contribution < -0.4 is 0 Å². The van der Waals surface area contributed by atoms with Gasteiger partial charge in [-0.2, -0.15) is 13.2 Å². The molecule has 82 valence electrons. The Labute approximate surface area is 84.7 Å². The zero-order valence-corrected chi connectivity index (χ0v) is 7.97. The van der Waals surface area contributed by atoms with Crippen LogP contribution >= 0.6 is 0 Å². The van der Waals surface area contributed by atoms with Crippen molar-refractivity contribution in [3.8, 4) is 0 Å². The molecule has 0 aliphatic rings. The fraction of sp³-hybridized carbons (Fsp3) is 0.300. The summed E-state index contributed by atoms with van der Waals surface area (Å²) in [4.78, 5) is 11.0. The van der Waals surface area contributed by atoms with Crippen molar-refractivity contribution in [3.63, 3.8) is 0 Å². The third-order valence-corrected chi connectivity index (χ3v) is 1.75. The lowest BCUT2D eigenvalue weighted by Gasteiger charge is -2.07. The minimum Gasteiger partial charge on any atom is -0.465 e. The molecular formula is C10H9F3O2. The van der Waals surface area contributed by atoms with E-state index in [-0.39, 0.29) is 11.1 Å². The highest BCUT2D eigenvalue weighted by Crippen LogP contribution is 2.21. The summed E-state index contributed by atoms with van der Waals surface area (Å²) in [6.07, 6.45) is -5.31. The molecule has 2 nitrogen and oxygen atoms in total. The normalized spacial score (nSPS) is 11.2. The Morgan fingerprint density at radius 1 is 1.40 bits per heavy atom. The van der Waals surface area contributed by atoms with Crippen LogP contribution in [0.5, 0.6) is 0 Å². The lowest BCUT2D eigenvalue weighted by Crippen LogP contribution is -2.12. The van der Waals surface area contributed by atoms with Crippen molar-refractivity contribution in [2.45, 2.75) is 12.6 Å². The molecule has 0 unspecified atom stereocenters. The largest absolute Gasteiger partial charge is 0.465 e. The second-order valence-corrected chi connectivity index (χ2v) is 2.98. The van der Waals surface area contributed by atoms with Crippen LogP contribution in [0, 0.1) is 0 Å². The average Bonchev–Trinajstić information content (AvgIpc) is 2.14. The van der Waals surface area contributed by atoms with Crippen molar-refractivity contribution >= 4 is 5.97 Å². The number of ether oxygens (including phenoxy) is 1. The van der Waals surface area contributed by atoms with Crippen molar-refractivity contribution in [1.29, 1.82) is 0 Å². The number of rotatable bonds is 2. The van der Waals surface area contributed by atoms with Gasteiger partial charge < -0.3 is 4.74 Å². The monoisotopic (exact) mass is 218 g/mol. The summed E-state index contributed by atoms with van der Waals surface area (Å²) in [6, 6.07) is 5.30. The van der Waals surface area contributed by atoms with Crippen molar-refractivity contribution < 1.29 is 22.7 Å². The van der Waals surface area contributed by atoms with Gasteiger partial charge in [0.2, 0.25) is 0 Å². The van der Waals surface area contributed by atoms with E-state index in [1.807, 2.05) is 0 Å². The van der Waals surface area contributed by atoms with Crippen molar-refractivity contribution in [2.75, 3.05) is 7.11 Å². The number of halogens is 3. The zero-order valence-electron chi connectivity index (χ0n) is 7.97. The highest BCUT2D eigenvalue weighted by molar-refractivity contribution is 5.89. The molecule has 0 saturated carbocycles. The summed E-state index contributed by atoms with van der Waals surface area (Å²) in [7, 11) is 1.18. The molecule has 0 aromatic heterocycles. The first-order valence-electron chi connectivity index (χ1n) is 4.16. The first-order chi connectivity index (χ1) is 6.92. The van der Waals surface area contributed by atoms with Crippen LogP contribution in [0.1, 0.15) is 15.9 Å². The summed E-state index contributed by atoms with van der Waals surface area (Å²) in [5.74, 6) is -0.640. The fourth-order valence-corrected chi connectivity index (χ4v) is 1.16. The lowest BCUT2D eigenvalue weighted by atomic mass is 10.1. The molecule has 1 aromatic rings. The van der Waals surface area contributed by atoms with Gasteiger partial charge in [0.1, 0.15) is 0 Å². The van der Waals surface area contributed by atoms with Gasteiger partial charge in [0.25, 0.3) is 0 Å². The topological polar surface area (TPSA) is 26.3 Å². The quantitative estimate of drug-likeness (QED) is 0.713. The molecule has 0 atom stereocenters. The van der Waals surface area contributed by atoms with Gasteiger partial charge in [-0.15, -0.1) is 0 Å². The number of esters is 1. The summed E-state index contributed by atoms with van der Waals surface area (Å²) in [5, 5.41) is 0. The van der Waals surface area contributed by atoms with Gasteiger partial charge in [0.05, 0.1) is 19.1 Å². The van der Waals surface area contributed by atoms with Crippen LogP contribution in [0.3, 0.4) is 0 Å². The minimum absolute atomic E-state index is 0.0467. The van der Waals surface area contributed by atoms with E-state index in [4.69, 9.17) is 0 Å². The summed E-state index contributed by atoms with van der Waals surface area (Å²) >= 11 is 0. The maximum absolute atomic E-state index is 12.0. The number of carbonyl (C=O) groups is 1. The van der Waals surface area contributed by atoms with E-state index in [0.29, 0.717) is 0 Å². The van der Waals surface area contributed by atoms with E-state index in [1.165, 1.54) is 31.4 Å². The number of hydrogen-bond acceptors (Lipinski definition) is 2. The average molecular weight is 218 g/mol. The molecular weight excluding hydrogens is 209 g/mol. The third kappa shape index (κ3) is 3.61. The maximum Gasteiger partial charge on any atom is 0.393 e. The van der Waals surface area contributed by atoms with Gasteiger partial charge in [0.15, 0.2) is 0 Å². The molecule has 0 amide bonds. The predicted octanol–water partition coefficient (Wildman–Crippen LogP) is 2.58. The first-order valence-corrected chi connectivity index (χ1v) is 4.16. The maximum atomic E-state index is 12.0. The Morgan fingerprint density at radius 2 is 2.07 bits per heavy atom. The van der Waals surface area contributed by atoms with Crippen LogP contribution in [0.2, 0.25) is 0 Å². The molecule has 0 radical (unpaired) electrons. The molecule has 0 N–H and O–H groups in total. The summed E-state index contributed by atoms with van der Waals surface area (Å²) in [6.45, 7) is 0. The Bertz CT molecular complexity index is 358. The number of carbonyl (C=O) groups excluding carboxylic acids is 1. The molecule has 0 spiro atoms. The SMILES string of the molecule is COC(=O)c1cccc(CC(F)(F)F)c1. The summed E-state index contributed by atoms with van der Waals surface area (Å²) in [5.41, 5.74) is 0.171. The molecule has 0 aliphatic heterocycles. The number of benzene rings is 1. The lowest BCUT2D eigenvalue weighted by molar-refractivity contribution is -0.127. The van der Waals surface area contributed by atoms with Crippen LogP contribution in [-0.2, 0) is 11.2 Å². The van der Waals surface area contributed by atoms with Gasteiger partial charge in [-0.3, -0.25) is 0 Å². The van der Waals surface area contributed by atoms with E-state index < -0.39 is 18.6 Å². The fourth-order valence-electron chi connectivity index (χ4n) is 1.16. The molecule has 0 aliphatic carbocycles. The zero-order chi connectivity index (χ0) is 11.5. The van der Waals surface area contributed by atoms with E-state index in [0.717, 1.165) is 0 Å². The molecule has 0 saturated heterocycles. The third-order valence-electron chi connectivity index (χ3n) is 1.75. The molecule has 0 heterocycles. The smallest absolute Gasteiger partial charge is 0.393 e. The Balaban J connectivity index is 2.88. The van der Waals surface area contributed by atoms with Crippen molar-refractivity contribution in [3.05, 3.63) is 35.4 Å². The Hall–Kier alpha value is -1.52. The second kappa shape index (κ2) is 4.33. The van der Waals surface area contributed by atoms with Gasteiger partial charge in [0, 0.05) is 0 Å². The molecule has 15 heavy (non-hydrogen) atoms. The van der Waals surface area contributed by atoms with E-state index >= 15 is 0 Å². The van der Waals surface area contributed by atoms with E-state index in [2.05, 4.69) is 4.74 Å². The number of methoxy groups -OCH3 is 1. The van der Waals surface area contributed by atoms with E-state index in [9.17, 15) is 18.0 Å². The van der Waals surface area contributed by atoms with Crippen molar-refractivity contribution in [2.24, 2.45) is 0 Å². The van der Waals surface area contributed by atoms with Crippen LogP contribution in [0.15, 0.2) is 24.3 Å². The predicted molar refractivity (Wildman–Crippen MR) is 47.5 cm³/mol. The second-order valence-electron chi connectivity index (χ2n) is 2.98. The molecule has 0 bridgehead atoms. The van der Waals surface area contributed by atoms with Crippen LogP contribution in [-0.4, -0.2) is 19.3 Å². The summed E-state index contributed by atoms with van der Waals surface area (Å²) < 4.78 is 40.5. The van der Waals surface area contributed by atoms with Crippen molar-refractivity contribution in [1.82, 2.24) is 0 Å².